The summed E-state index contributed by atoms with van der Waals surface area (Å²) < 4.78 is 11.8. The minimum absolute atomic E-state index is 0.121. The molecule has 1 aromatic rings. The van der Waals surface area contributed by atoms with Crippen LogP contribution in [0.25, 0.3) is 0 Å². The Morgan fingerprint density at radius 3 is 2.65 bits per heavy atom. The molecule has 0 saturated carbocycles. The summed E-state index contributed by atoms with van der Waals surface area (Å²) in [6, 6.07) is 6.04. The standard InChI is InChI=1S/C27H34BrClN2O6/c1-3-13-30(18-11-9-17(29)10-12-18)25(34)23-27-16-19(28)22(37-27)20(26(35)36-4-2)21(27)24(33)31(23)14-7-5-6-8-15-32/h3,9-12,19-23,32H,1,4-8,13-16H2,2H3/t19?,20-,21+,22-,23?,27?/m1/s1. The average molecular weight is 598 g/mol. The summed E-state index contributed by atoms with van der Waals surface area (Å²) in [5.74, 6) is -2.54. The Kier molecular flexibility index (Phi) is 8.99. The lowest BCUT2D eigenvalue weighted by molar-refractivity contribution is -0.154. The summed E-state index contributed by atoms with van der Waals surface area (Å²) in [6.07, 6.45) is 4.52. The lowest BCUT2D eigenvalue weighted by Crippen LogP contribution is -2.57. The van der Waals surface area contributed by atoms with Crippen molar-refractivity contribution in [2.24, 2.45) is 11.8 Å². The fourth-order valence-corrected chi connectivity index (χ4v) is 7.19. The number of likely N-dealkylation sites (tertiary alicyclic amines) is 1. The molecule has 1 aromatic carbocycles. The van der Waals surface area contributed by atoms with Gasteiger partial charge < -0.3 is 24.4 Å². The van der Waals surface area contributed by atoms with Gasteiger partial charge in [0.1, 0.15) is 11.6 Å². The maximum Gasteiger partial charge on any atom is 0.312 e. The highest BCUT2D eigenvalue weighted by Gasteiger charge is 2.77. The number of halogens is 2. The van der Waals surface area contributed by atoms with Gasteiger partial charge in [0, 0.05) is 35.2 Å². The van der Waals surface area contributed by atoms with E-state index in [0.29, 0.717) is 36.5 Å². The van der Waals surface area contributed by atoms with Gasteiger partial charge in [0.2, 0.25) is 5.91 Å². The number of carbonyl (C=O) groups excluding carboxylic acids is 3. The van der Waals surface area contributed by atoms with E-state index in [1.165, 1.54) is 0 Å². The maximum absolute atomic E-state index is 14.4. The van der Waals surface area contributed by atoms with Gasteiger partial charge in [-0.05, 0) is 50.5 Å². The Hall–Kier alpha value is -1.94. The monoisotopic (exact) mass is 596 g/mol. The first-order valence-electron chi connectivity index (χ1n) is 12.9. The van der Waals surface area contributed by atoms with Gasteiger partial charge in [-0.25, -0.2) is 0 Å². The van der Waals surface area contributed by atoms with Crippen LogP contribution in [-0.2, 0) is 23.9 Å². The van der Waals surface area contributed by atoms with Gasteiger partial charge in [-0.2, -0.15) is 0 Å². The molecule has 6 atom stereocenters. The number of nitrogens with zero attached hydrogens (tertiary/aromatic N) is 2. The Morgan fingerprint density at radius 2 is 2.00 bits per heavy atom. The van der Waals surface area contributed by atoms with Gasteiger partial charge in [-0.15, -0.1) is 6.58 Å². The molecule has 37 heavy (non-hydrogen) atoms. The van der Waals surface area contributed by atoms with Crippen molar-refractivity contribution in [1.29, 1.82) is 0 Å². The van der Waals surface area contributed by atoms with Crippen molar-refractivity contribution in [1.82, 2.24) is 4.90 Å². The van der Waals surface area contributed by atoms with E-state index < -0.39 is 35.6 Å². The summed E-state index contributed by atoms with van der Waals surface area (Å²) in [6.45, 7) is 6.47. The van der Waals surface area contributed by atoms with Crippen molar-refractivity contribution in [2.45, 2.75) is 61.6 Å². The number of anilines is 1. The number of esters is 1. The first-order valence-corrected chi connectivity index (χ1v) is 14.2. The number of amides is 2. The third-order valence-electron chi connectivity index (χ3n) is 7.60. The SMILES string of the molecule is C=CCN(C(=O)C1N(CCCCCCO)C(=O)[C@@H]2[C@@H](C(=O)OCC)[C@@H]3OC12CC3Br)c1ccc(Cl)cc1. The van der Waals surface area contributed by atoms with E-state index in [1.807, 2.05) is 0 Å². The van der Waals surface area contributed by atoms with Crippen molar-refractivity contribution < 1.29 is 29.0 Å². The number of benzene rings is 1. The minimum atomic E-state index is -1.14. The zero-order chi connectivity index (χ0) is 26.7. The van der Waals surface area contributed by atoms with E-state index in [0.717, 1.165) is 12.8 Å². The van der Waals surface area contributed by atoms with Gasteiger partial charge in [0.05, 0.1) is 24.5 Å². The molecule has 1 N–H and O–H groups in total. The highest BCUT2D eigenvalue weighted by Crippen LogP contribution is 2.60. The van der Waals surface area contributed by atoms with E-state index >= 15 is 0 Å². The summed E-state index contributed by atoms with van der Waals surface area (Å²) in [4.78, 5) is 44.4. The van der Waals surface area contributed by atoms with Gasteiger partial charge in [-0.1, -0.05) is 46.4 Å². The minimum Gasteiger partial charge on any atom is -0.466 e. The second-order valence-corrected chi connectivity index (χ2v) is 11.4. The zero-order valence-electron chi connectivity index (χ0n) is 21.0. The first kappa shape index (κ1) is 28.1. The molecule has 0 aromatic heterocycles. The van der Waals surface area contributed by atoms with Gasteiger partial charge in [-0.3, -0.25) is 14.4 Å². The molecule has 3 fully saturated rings. The highest BCUT2D eigenvalue weighted by atomic mass is 79.9. The Bertz CT molecular complexity index is 1020. The largest absolute Gasteiger partial charge is 0.466 e. The zero-order valence-corrected chi connectivity index (χ0v) is 23.3. The Balaban J connectivity index is 1.72. The van der Waals surface area contributed by atoms with E-state index in [1.54, 1.807) is 47.1 Å². The molecule has 3 unspecified atom stereocenters. The number of alkyl halides is 1. The summed E-state index contributed by atoms with van der Waals surface area (Å²) >= 11 is 9.75. The molecule has 4 rings (SSSR count). The van der Waals surface area contributed by atoms with E-state index in [2.05, 4.69) is 22.5 Å². The fourth-order valence-electron chi connectivity index (χ4n) is 6.13. The lowest BCUT2D eigenvalue weighted by Gasteiger charge is -2.37. The number of hydrogen-bond acceptors (Lipinski definition) is 6. The molecule has 0 aliphatic carbocycles. The van der Waals surface area contributed by atoms with Crippen LogP contribution in [0.4, 0.5) is 5.69 Å². The molecule has 2 amide bonds. The predicted molar refractivity (Wildman–Crippen MR) is 144 cm³/mol. The number of hydrogen-bond donors (Lipinski definition) is 1. The number of unbranched alkanes of at least 4 members (excludes halogenated alkanes) is 3. The molecule has 3 aliphatic rings. The number of ether oxygens (including phenoxy) is 2. The molecule has 1 spiro atoms. The summed E-state index contributed by atoms with van der Waals surface area (Å²) in [5, 5.41) is 9.65. The third-order valence-corrected chi connectivity index (χ3v) is 8.70. The van der Waals surface area contributed by atoms with Crippen molar-refractivity contribution in [3.63, 3.8) is 0 Å². The summed E-state index contributed by atoms with van der Waals surface area (Å²) in [7, 11) is 0. The highest BCUT2D eigenvalue weighted by molar-refractivity contribution is 9.09. The third kappa shape index (κ3) is 5.07. The fraction of sp³-hybridized carbons (Fsp3) is 0.593. The molecular formula is C27H34BrClN2O6. The quantitative estimate of drug-likeness (QED) is 0.171. The molecule has 3 saturated heterocycles. The van der Waals surface area contributed by atoms with Crippen molar-refractivity contribution in [3.8, 4) is 0 Å². The average Bonchev–Trinajstić information content (AvgIpc) is 3.46. The number of aliphatic hydroxyl groups excluding tert-OH is 1. The smallest absolute Gasteiger partial charge is 0.312 e. The van der Waals surface area contributed by atoms with Crippen LogP contribution in [0.2, 0.25) is 5.02 Å². The van der Waals surface area contributed by atoms with Gasteiger partial charge in [0.15, 0.2) is 0 Å². The Morgan fingerprint density at radius 1 is 1.30 bits per heavy atom. The van der Waals surface area contributed by atoms with Crippen LogP contribution in [0.15, 0.2) is 36.9 Å². The summed E-state index contributed by atoms with van der Waals surface area (Å²) in [5.41, 5.74) is -0.504. The maximum atomic E-state index is 14.4. The van der Waals surface area contributed by atoms with Crippen molar-refractivity contribution >= 4 is 51.0 Å². The molecule has 2 bridgehead atoms. The second kappa shape index (κ2) is 11.8. The van der Waals surface area contributed by atoms with Gasteiger partial charge >= 0.3 is 5.97 Å². The second-order valence-electron chi connectivity index (χ2n) is 9.80. The van der Waals surface area contributed by atoms with Gasteiger partial charge in [0.25, 0.3) is 5.91 Å². The number of aliphatic hydroxyl groups is 1. The van der Waals surface area contributed by atoms with E-state index in [4.69, 9.17) is 26.2 Å². The first-order chi connectivity index (χ1) is 17.8. The molecule has 10 heteroatoms. The van der Waals surface area contributed by atoms with Crippen LogP contribution in [0.5, 0.6) is 0 Å². The topological polar surface area (TPSA) is 96.4 Å². The molecule has 202 valence electrons. The van der Waals surface area contributed by atoms with Crippen LogP contribution in [0.3, 0.4) is 0 Å². The molecule has 0 radical (unpaired) electrons. The number of fused-ring (bicyclic) bond motifs is 1. The van der Waals surface area contributed by atoms with Crippen LogP contribution < -0.4 is 4.90 Å². The van der Waals surface area contributed by atoms with Crippen molar-refractivity contribution in [3.05, 3.63) is 41.9 Å². The predicted octanol–water partition coefficient (Wildman–Crippen LogP) is 3.72. The number of rotatable bonds is 12. The van der Waals surface area contributed by atoms with Crippen LogP contribution >= 0.6 is 27.5 Å². The van der Waals surface area contributed by atoms with Crippen LogP contribution in [0, 0.1) is 11.8 Å². The van der Waals surface area contributed by atoms with Crippen LogP contribution in [-0.4, -0.2) is 76.7 Å². The lowest BCUT2D eigenvalue weighted by atomic mass is 9.70. The molecule has 8 nitrogen and oxygen atoms in total. The Labute approximate surface area is 231 Å². The van der Waals surface area contributed by atoms with Crippen LogP contribution in [0.1, 0.15) is 39.0 Å². The molecule has 3 heterocycles. The van der Waals surface area contributed by atoms with E-state index in [-0.39, 0.29) is 36.4 Å². The van der Waals surface area contributed by atoms with E-state index in [9.17, 15) is 14.4 Å². The number of carbonyl (C=O) groups is 3. The van der Waals surface area contributed by atoms with Crippen molar-refractivity contribution in [2.75, 3.05) is 31.2 Å². The molecule has 3 aliphatic heterocycles. The molecular weight excluding hydrogens is 564 g/mol. The normalized spacial score (nSPS) is 29.9.